The largest absolute Gasteiger partial charge is 0.351 e. The van der Waals surface area contributed by atoms with Crippen molar-refractivity contribution < 1.29 is 14.4 Å². The first-order valence-corrected chi connectivity index (χ1v) is 8.99. The summed E-state index contributed by atoms with van der Waals surface area (Å²) in [7, 11) is 0. The van der Waals surface area contributed by atoms with E-state index in [-0.39, 0.29) is 17.7 Å². The van der Waals surface area contributed by atoms with Gasteiger partial charge in [0, 0.05) is 34.7 Å². The lowest BCUT2D eigenvalue weighted by Gasteiger charge is -2.16. The van der Waals surface area contributed by atoms with Crippen molar-refractivity contribution in [3.05, 3.63) is 69.7 Å². The lowest BCUT2D eigenvalue weighted by molar-refractivity contribution is 0.0928. The van der Waals surface area contributed by atoms with E-state index < -0.39 is 6.03 Å². The third-order valence-corrected chi connectivity index (χ3v) is 4.89. The number of ketones is 1. The van der Waals surface area contributed by atoms with E-state index in [0.717, 1.165) is 4.47 Å². The second-order valence-electron chi connectivity index (χ2n) is 6.12. The van der Waals surface area contributed by atoms with E-state index in [9.17, 15) is 14.4 Å². The van der Waals surface area contributed by atoms with Crippen molar-refractivity contribution in [2.24, 2.45) is 5.73 Å². The van der Waals surface area contributed by atoms with Crippen LogP contribution >= 0.6 is 15.9 Å². The van der Waals surface area contributed by atoms with Crippen LogP contribution in [0.25, 0.3) is 0 Å². The number of rotatable bonds is 4. The first kappa shape index (κ1) is 18.1. The number of halogens is 1. The van der Waals surface area contributed by atoms with Crippen LogP contribution in [0.3, 0.4) is 0 Å². The summed E-state index contributed by atoms with van der Waals surface area (Å²) in [6.45, 7) is 0.893. The van der Waals surface area contributed by atoms with Gasteiger partial charge in [-0.3, -0.25) is 9.59 Å². The van der Waals surface area contributed by atoms with Crippen LogP contribution in [0, 0.1) is 0 Å². The number of urea groups is 1. The van der Waals surface area contributed by atoms with E-state index >= 15 is 0 Å². The maximum atomic E-state index is 12.8. The number of nitrogens with one attached hydrogen (secondary N) is 1. The number of primary amides is 1. The molecule has 1 saturated heterocycles. The van der Waals surface area contributed by atoms with Crippen molar-refractivity contribution in [3.8, 4) is 0 Å². The zero-order valence-corrected chi connectivity index (χ0v) is 15.5. The van der Waals surface area contributed by atoms with Gasteiger partial charge in [-0.2, -0.15) is 0 Å². The van der Waals surface area contributed by atoms with Gasteiger partial charge < -0.3 is 16.0 Å². The Balaban J connectivity index is 1.78. The van der Waals surface area contributed by atoms with Crippen molar-refractivity contribution in [3.63, 3.8) is 0 Å². The predicted molar refractivity (Wildman–Crippen MR) is 101 cm³/mol. The predicted octanol–water partition coefficient (Wildman–Crippen LogP) is 2.56. The molecule has 134 valence electrons. The average molecular weight is 416 g/mol. The number of benzene rings is 2. The fourth-order valence-electron chi connectivity index (χ4n) is 2.98. The van der Waals surface area contributed by atoms with Gasteiger partial charge in [0.15, 0.2) is 5.78 Å². The molecular formula is C19H18BrN3O3. The SMILES string of the molecule is NC(=O)N1CCC(NC(=O)c2ccccc2C(=O)c2ccc(Br)cc2)C1. The van der Waals surface area contributed by atoms with Crippen LogP contribution in [0.1, 0.15) is 32.7 Å². The van der Waals surface area contributed by atoms with Crippen LogP contribution in [0.15, 0.2) is 53.0 Å². The topological polar surface area (TPSA) is 92.5 Å². The first-order valence-electron chi connectivity index (χ1n) is 8.20. The smallest absolute Gasteiger partial charge is 0.314 e. The van der Waals surface area contributed by atoms with E-state index in [1.807, 2.05) is 0 Å². The van der Waals surface area contributed by atoms with Crippen molar-refractivity contribution in [1.29, 1.82) is 0 Å². The van der Waals surface area contributed by atoms with Gasteiger partial charge >= 0.3 is 6.03 Å². The van der Waals surface area contributed by atoms with Gasteiger partial charge in [0.2, 0.25) is 0 Å². The molecule has 0 radical (unpaired) electrons. The number of nitrogens with zero attached hydrogens (tertiary/aromatic N) is 1. The van der Waals surface area contributed by atoms with E-state index in [0.29, 0.717) is 36.2 Å². The van der Waals surface area contributed by atoms with Crippen LogP contribution < -0.4 is 11.1 Å². The molecule has 1 aliphatic rings. The Hall–Kier alpha value is -2.67. The summed E-state index contributed by atoms with van der Waals surface area (Å²) in [5.41, 5.74) is 6.44. The molecule has 0 saturated carbocycles. The Labute approximate surface area is 159 Å². The molecule has 0 bridgehead atoms. The van der Waals surface area contributed by atoms with Crippen molar-refractivity contribution in [2.75, 3.05) is 13.1 Å². The molecular weight excluding hydrogens is 398 g/mol. The summed E-state index contributed by atoms with van der Waals surface area (Å²) in [6, 6.07) is 13.0. The molecule has 2 aromatic rings. The molecule has 0 spiro atoms. The van der Waals surface area contributed by atoms with E-state index in [2.05, 4.69) is 21.2 Å². The second kappa shape index (κ2) is 7.70. The summed E-state index contributed by atoms with van der Waals surface area (Å²) < 4.78 is 0.875. The molecule has 0 aliphatic carbocycles. The Morgan fingerprint density at radius 2 is 1.69 bits per heavy atom. The summed E-state index contributed by atoms with van der Waals surface area (Å²) in [6.07, 6.45) is 0.636. The van der Waals surface area contributed by atoms with Crippen LogP contribution in [0.5, 0.6) is 0 Å². The zero-order valence-electron chi connectivity index (χ0n) is 13.9. The minimum Gasteiger partial charge on any atom is -0.351 e. The van der Waals surface area contributed by atoms with Gasteiger partial charge in [-0.15, -0.1) is 0 Å². The maximum Gasteiger partial charge on any atom is 0.314 e. The highest BCUT2D eigenvalue weighted by Crippen LogP contribution is 2.18. The fraction of sp³-hybridized carbons (Fsp3) is 0.211. The van der Waals surface area contributed by atoms with Crippen LogP contribution in [-0.4, -0.2) is 41.8 Å². The maximum absolute atomic E-state index is 12.8. The lowest BCUT2D eigenvalue weighted by atomic mass is 9.97. The highest BCUT2D eigenvalue weighted by atomic mass is 79.9. The molecule has 3 N–H and O–H groups in total. The quantitative estimate of drug-likeness (QED) is 0.751. The monoisotopic (exact) mass is 415 g/mol. The molecule has 7 heteroatoms. The second-order valence-corrected chi connectivity index (χ2v) is 7.04. The molecule has 0 aromatic heterocycles. The minimum atomic E-state index is -0.493. The Bertz CT molecular complexity index is 851. The normalized spacial score (nSPS) is 16.3. The van der Waals surface area contributed by atoms with Crippen molar-refractivity contribution in [2.45, 2.75) is 12.5 Å². The summed E-state index contributed by atoms with van der Waals surface area (Å²) in [5, 5.41) is 2.89. The minimum absolute atomic E-state index is 0.175. The Morgan fingerprint density at radius 1 is 1.04 bits per heavy atom. The summed E-state index contributed by atoms with van der Waals surface area (Å²) in [5.74, 6) is -0.546. The number of hydrogen-bond donors (Lipinski definition) is 2. The molecule has 2 aromatic carbocycles. The fourth-order valence-corrected chi connectivity index (χ4v) is 3.24. The zero-order chi connectivity index (χ0) is 18.7. The molecule has 3 amide bonds. The van der Waals surface area contributed by atoms with Crippen LogP contribution in [0.4, 0.5) is 4.79 Å². The number of amides is 3. The van der Waals surface area contributed by atoms with E-state index in [1.165, 1.54) is 4.90 Å². The van der Waals surface area contributed by atoms with Gasteiger partial charge in [-0.1, -0.05) is 34.1 Å². The van der Waals surface area contributed by atoms with Gasteiger partial charge in [0.1, 0.15) is 0 Å². The van der Waals surface area contributed by atoms with E-state index in [1.54, 1.807) is 48.5 Å². The molecule has 6 nitrogen and oxygen atoms in total. The molecule has 1 atom stereocenters. The highest BCUT2D eigenvalue weighted by molar-refractivity contribution is 9.10. The molecule has 1 heterocycles. The molecule has 26 heavy (non-hydrogen) atoms. The number of carbonyl (C=O) groups excluding carboxylic acids is 3. The summed E-state index contributed by atoms with van der Waals surface area (Å²) >= 11 is 3.34. The molecule has 1 fully saturated rings. The third-order valence-electron chi connectivity index (χ3n) is 4.36. The lowest BCUT2D eigenvalue weighted by Crippen LogP contribution is -2.40. The third kappa shape index (κ3) is 3.94. The molecule has 3 rings (SSSR count). The Kier molecular flexibility index (Phi) is 5.37. The number of likely N-dealkylation sites (tertiary alicyclic amines) is 1. The van der Waals surface area contributed by atoms with Crippen LogP contribution in [-0.2, 0) is 0 Å². The number of nitrogens with two attached hydrogens (primary N) is 1. The number of carbonyl (C=O) groups is 3. The van der Waals surface area contributed by atoms with Gasteiger partial charge in [-0.25, -0.2) is 4.79 Å². The van der Waals surface area contributed by atoms with E-state index in [4.69, 9.17) is 5.73 Å². The first-order chi connectivity index (χ1) is 12.5. The van der Waals surface area contributed by atoms with Gasteiger partial charge in [-0.05, 0) is 36.8 Å². The van der Waals surface area contributed by atoms with Crippen molar-refractivity contribution in [1.82, 2.24) is 10.2 Å². The van der Waals surface area contributed by atoms with Gasteiger partial charge in [0.05, 0.1) is 5.56 Å². The Morgan fingerprint density at radius 3 is 2.31 bits per heavy atom. The standard InChI is InChI=1S/C19H18BrN3O3/c20-13-7-5-12(6-8-13)17(24)15-3-1-2-4-16(15)18(25)22-14-9-10-23(11-14)19(21)26/h1-8,14H,9-11H2,(H2,21,26)(H,22,25). The molecule has 1 unspecified atom stereocenters. The highest BCUT2D eigenvalue weighted by Gasteiger charge is 2.27. The number of hydrogen-bond acceptors (Lipinski definition) is 3. The molecule has 1 aliphatic heterocycles. The summed E-state index contributed by atoms with van der Waals surface area (Å²) in [4.78, 5) is 38.2. The average Bonchev–Trinajstić information content (AvgIpc) is 3.10. The van der Waals surface area contributed by atoms with Crippen LogP contribution in [0.2, 0.25) is 0 Å². The van der Waals surface area contributed by atoms with Gasteiger partial charge in [0.25, 0.3) is 5.91 Å². The van der Waals surface area contributed by atoms with Crippen molar-refractivity contribution >= 4 is 33.7 Å².